The Labute approximate surface area is 134 Å². The monoisotopic (exact) mass is 339 g/mol. The lowest BCUT2D eigenvalue weighted by Gasteiger charge is -2.24. The Morgan fingerprint density at radius 3 is 2.52 bits per heavy atom. The van der Waals surface area contributed by atoms with Gasteiger partial charge >= 0.3 is 6.03 Å². The van der Waals surface area contributed by atoms with Crippen molar-refractivity contribution in [2.45, 2.75) is 30.8 Å². The van der Waals surface area contributed by atoms with E-state index in [1.54, 1.807) is 0 Å². The van der Waals surface area contributed by atoms with Crippen molar-refractivity contribution in [3.8, 4) is 0 Å². The van der Waals surface area contributed by atoms with Crippen molar-refractivity contribution in [2.75, 3.05) is 0 Å². The summed E-state index contributed by atoms with van der Waals surface area (Å²) in [5.74, 6) is -0.0343. The number of hydrogen-bond donors (Lipinski definition) is 1. The normalized spacial score (nSPS) is 21.3. The Kier molecular flexibility index (Phi) is 4.42. The van der Waals surface area contributed by atoms with Crippen molar-refractivity contribution in [3.63, 3.8) is 0 Å². The summed E-state index contributed by atoms with van der Waals surface area (Å²) in [6.45, 7) is 7.26. The van der Waals surface area contributed by atoms with E-state index in [1.165, 1.54) is 18.2 Å². The van der Waals surface area contributed by atoms with Gasteiger partial charge in [-0.3, -0.25) is 10.1 Å². The smallest absolute Gasteiger partial charge is 0.332 e. The maximum absolute atomic E-state index is 12.8. The van der Waals surface area contributed by atoms with Crippen LogP contribution < -0.4 is 5.32 Å². The number of amides is 2. The molecule has 0 aliphatic carbocycles. The molecule has 124 valence electrons. The quantitative estimate of drug-likeness (QED) is 0.500. The Bertz CT molecular complexity index is 759. The third-order valence-corrected chi connectivity index (χ3v) is 5.52. The van der Waals surface area contributed by atoms with Crippen LogP contribution in [0.15, 0.2) is 41.8 Å². The third-order valence-electron chi connectivity index (χ3n) is 3.69. The second kappa shape index (κ2) is 5.99. The van der Waals surface area contributed by atoms with Gasteiger partial charge in [-0.05, 0) is 12.0 Å². The van der Waals surface area contributed by atoms with E-state index in [9.17, 15) is 23.3 Å². The van der Waals surface area contributed by atoms with Crippen LogP contribution in [-0.4, -0.2) is 35.8 Å². The molecule has 0 radical (unpaired) electrons. The van der Waals surface area contributed by atoms with E-state index in [0.717, 1.165) is 12.1 Å². The standard InChI is InChI=1S/C14H17N3O5S/c1-4-10-13(9(2)3)15-14(18)16(10)23(21,22)12-8-6-5-7-11(12)17(19)20/h4-10,13H,1H2,2-3H3,(H,15,18)/t10-,13-/m1/s1. The molecule has 1 saturated heterocycles. The van der Waals surface area contributed by atoms with Crippen LogP contribution >= 0.6 is 0 Å². The van der Waals surface area contributed by atoms with Crippen molar-refractivity contribution in [1.82, 2.24) is 9.62 Å². The number of sulfonamides is 1. The summed E-state index contributed by atoms with van der Waals surface area (Å²) in [5, 5.41) is 13.7. The van der Waals surface area contributed by atoms with Gasteiger partial charge in [-0.15, -0.1) is 6.58 Å². The highest BCUT2D eigenvalue weighted by Gasteiger charge is 2.47. The van der Waals surface area contributed by atoms with Gasteiger partial charge in [0.05, 0.1) is 17.0 Å². The van der Waals surface area contributed by atoms with E-state index in [4.69, 9.17) is 0 Å². The molecule has 0 bridgehead atoms. The van der Waals surface area contributed by atoms with Gasteiger partial charge in [0.15, 0.2) is 4.90 Å². The van der Waals surface area contributed by atoms with E-state index in [-0.39, 0.29) is 5.92 Å². The number of carbonyl (C=O) groups excluding carboxylic acids is 1. The number of para-hydroxylation sites is 1. The number of rotatable bonds is 5. The molecule has 0 aromatic heterocycles. The van der Waals surface area contributed by atoms with Crippen molar-refractivity contribution >= 4 is 21.7 Å². The van der Waals surface area contributed by atoms with E-state index in [0.29, 0.717) is 4.31 Å². The minimum Gasteiger partial charge on any atom is -0.332 e. The summed E-state index contributed by atoms with van der Waals surface area (Å²) in [6, 6.07) is 2.87. The molecule has 2 atom stereocenters. The Balaban J connectivity index is 2.58. The molecule has 9 heteroatoms. The summed E-state index contributed by atoms with van der Waals surface area (Å²) in [4.78, 5) is 22.0. The Hall–Kier alpha value is -2.42. The minimum absolute atomic E-state index is 0.0343. The van der Waals surface area contributed by atoms with Crippen LogP contribution in [0, 0.1) is 16.0 Å². The summed E-state index contributed by atoms with van der Waals surface area (Å²) >= 11 is 0. The number of hydrogen-bond acceptors (Lipinski definition) is 5. The molecule has 2 amide bonds. The topological polar surface area (TPSA) is 110 Å². The number of nitrogens with zero attached hydrogens (tertiary/aromatic N) is 2. The average molecular weight is 339 g/mol. The molecule has 1 N–H and O–H groups in total. The predicted molar refractivity (Wildman–Crippen MR) is 83.3 cm³/mol. The van der Waals surface area contributed by atoms with E-state index < -0.39 is 43.6 Å². The second-order valence-corrected chi connectivity index (χ2v) is 7.25. The van der Waals surface area contributed by atoms with Gasteiger partial charge in [-0.1, -0.05) is 32.1 Å². The fraction of sp³-hybridized carbons (Fsp3) is 0.357. The number of carbonyl (C=O) groups is 1. The van der Waals surface area contributed by atoms with Crippen LogP contribution in [0.3, 0.4) is 0 Å². The second-order valence-electron chi connectivity index (χ2n) is 5.47. The molecule has 1 aliphatic rings. The van der Waals surface area contributed by atoms with Crippen molar-refractivity contribution < 1.29 is 18.1 Å². The van der Waals surface area contributed by atoms with Crippen LogP contribution in [0.2, 0.25) is 0 Å². The molecule has 8 nitrogen and oxygen atoms in total. The van der Waals surface area contributed by atoms with E-state index >= 15 is 0 Å². The molecule has 1 heterocycles. The van der Waals surface area contributed by atoms with Gasteiger partial charge in [-0.2, -0.15) is 0 Å². The summed E-state index contributed by atoms with van der Waals surface area (Å²) in [5.41, 5.74) is -0.573. The lowest BCUT2D eigenvalue weighted by Crippen LogP contribution is -2.41. The van der Waals surface area contributed by atoms with Gasteiger partial charge in [0.1, 0.15) is 0 Å². The first-order valence-electron chi connectivity index (χ1n) is 6.92. The first-order valence-corrected chi connectivity index (χ1v) is 8.36. The lowest BCUT2D eigenvalue weighted by molar-refractivity contribution is -0.387. The summed E-state index contributed by atoms with van der Waals surface area (Å²) in [7, 11) is -4.38. The SMILES string of the molecule is C=C[C@@H]1[C@@H](C(C)C)NC(=O)N1S(=O)(=O)c1ccccc1[N+](=O)[O-]. The number of nitrogens with one attached hydrogen (secondary N) is 1. The number of nitro groups is 1. The van der Waals surface area contributed by atoms with Crippen LogP contribution in [0.25, 0.3) is 0 Å². The highest BCUT2D eigenvalue weighted by Crippen LogP contribution is 2.31. The maximum atomic E-state index is 12.8. The zero-order valence-electron chi connectivity index (χ0n) is 12.7. The zero-order chi connectivity index (χ0) is 17.4. The summed E-state index contributed by atoms with van der Waals surface area (Å²) in [6.07, 6.45) is 1.36. The molecule has 0 unspecified atom stereocenters. The average Bonchev–Trinajstić information content (AvgIpc) is 2.84. The number of urea groups is 1. The van der Waals surface area contributed by atoms with Gasteiger partial charge in [0.25, 0.3) is 15.7 Å². The molecule has 2 rings (SSSR count). The maximum Gasteiger partial charge on any atom is 0.332 e. The van der Waals surface area contributed by atoms with Gasteiger partial charge in [0.2, 0.25) is 0 Å². The first-order chi connectivity index (χ1) is 10.7. The molecule has 1 aromatic carbocycles. The molecule has 0 spiro atoms. The molecule has 1 aromatic rings. The van der Waals surface area contributed by atoms with Gasteiger partial charge in [0, 0.05) is 6.07 Å². The zero-order valence-corrected chi connectivity index (χ0v) is 13.5. The van der Waals surface area contributed by atoms with Crippen LogP contribution in [0.5, 0.6) is 0 Å². The number of benzene rings is 1. The number of nitro benzene ring substituents is 1. The lowest BCUT2D eigenvalue weighted by atomic mass is 9.98. The predicted octanol–water partition coefficient (Wildman–Crippen LogP) is 1.89. The first kappa shape index (κ1) is 16.9. The minimum atomic E-state index is -4.38. The molecular weight excluding hydrogens is 322 g/mol. The van der Waals surface area contributed by atoms with Crippen LogP contribution in [-0.2, 0) is 10.0 Å². The van der Waals surface area contributed by atoms with Crippen molar-refractivity contribution in [2.24, 2.45) is 5.92 Å². The molecule has 0 saturated carbocycles. The molecule has 23 heavy (non-hydrogen) atoms. The van der Waals surface area contributed by atoms with E-state index in [2.05, 4.69) is 11.9 Å². The van der Waals surface area contributed by atoms with Crippen LogP contribution in [0.1, 0.15) is 13.8 Å². The van der Waals surface area contributed by atoms with Crippen LogP contribution in [0.4, 0.5) is 10.5 Å². The Morgan fingerprint density at radius 2 is 2.00 bits per heavy atom. The fourth-order valence-electron chi connectivity index (χ4n) is 2.58. The van der Waals surface area contributed by atoms with E-state index in [1.807, 2.05) is 13.8 Å². The molecule has 1 fully saturated rings. The largest absolute Gasteiger partial charge is 0.332 e. The van der Waals surface area contributed by atoms with Gasteiger partial charge in [-0.25, -0.2) is 17.5 Å². The Morgan fingerprint density at radius 1 is 1.39 bits per heavy atom. The molecule has 1 aliphatic heterocycles. The van der Waals surface area contributed by atoms with Crippen molar-refractivity contribution in [3.05, 3.63) is 47.0 Å². The van der Waals surface area contributed by atoms with Crippen molar-refractivity contribution in [1.29, 1.82) is 0 Å². The summed E-state index contributed by atoms with van der Waals surface area (Å²) < 4.78 is 26.3. The highest BCUT2D eigenvalue weighted by atomic mass is 32.2. The molecular formula is C14H17N3O5S. The third kappa shape index (κ3) is 2.79. The van der Waals surface area contributed by atoms with Gasteiger partial charge < -0.3 is 5.32 Å². The fourth-order valence-corrected chi connectivity index (χ4v) is 4.26. The highest BCUT2D eigenvalue weighted by molar-refractivity contribution is 7.89.